The number of amides is 1. The Morgan fingerprint density at radius 1 is 1.04 bits per heavy atom. The van der Waals surface area contributed by atoms with Gasteiger partial charge in [-0.25, -0.2) is 0 Å². The highest BCUT2D eigenvalue weighted by atomic mass is 16.7. The number of likely N-dealkylation sites (tertiary alicyclic amines) is 1. The van der Waals surface area contributed by atoms with Gasteiger partial charge in [0.05, 0.1) is 30.2 Å². The molecule has 0 atom stereocenters. The molecule has 2 saturated heterocycles. The summed E-state index contributed by atoms with van der Waals surface area (Å²) in [7, 11) is 0. The van der Waals surface area contributed by atoms with E-state index in [9.17, 15) is 4.79 Å². The maximum absolute atomic E-state index is 12.9. The number of benzene rings is 1. The minimum Gasteiger partial charge on any atom is -0.350 e. The molecule has 0 N–H and O–H groups in total. The van der Waals surface area contributed by atoms with Gasteiger partial charge in [-0.1, -0.05) is 30.3 Å². The van der Waals surface area contributed by atoms with Gasteiger partial charge >= 0.3 is 0 Å². The monoisotopic (exact) mass is 352 g/mol. The predicted molar refractivity (Wildman–Crippen MR) is 98.7 cm³/mol. The Hall–Kier alpha value is -2.24. The minimum absolute atomic E-state index is 0.0707. The normalized spacial score (nSPS) is 19.0. The number of nitrogens with zero attached hydrogens (tertiary/aromatic N) is 2. The highest BCUT2D eigenvalue weighted by Gasteiger charge is 2.32. The molecule has 0 unspecified atom stereocenters. The van der Waals surface area contributed by atoms with Crippen molar-refractivity contribution in [2.24, 2.45) is 5.92 Å². The van der Waals surface area contributed by atoms with E-state index >= 15 is 0 Å². The Labute approximate surface area is 153 Å². The lowest BCUT2D eigenvalue weighted by Crippen LogP contribution is -2.41. The maximum Gasteiger partial charge on any atom is 0.255 e. The molecule has 0 aliphatic carbocycles. The summed E-state index contributed by atoms with van der Waals surface area (Å²) in [6.07, 6.45) is 1.76. The van der Waals surface area contributed by atoms with Crippen LogP contribution in [0, 0.1) is 12.8 Å². The summed E-state index contributed by atoms with van der Waals surface area (Å²) in [6, 6.07) is 13.9. The number of hydrogen-bond donors (Lipinski definition) is 0. The number of carbonyl (C=O) groups excluding carboxylic acids is 1. The molecule has 5 nitrogen and oxygen atoms in total. The van der Waals surface area contributed by atoms with Crippen molar-refractivity contribution in [3.8, 4) is 11.3 Å². The van der Waals surface area contributed by atoms with Crippen LogP contribution in [0.1, 0.15) is 28.9 Å². The van der Waals surface area contributed by atoms with Gasteiger partial charge in [0.15, 0.2) is 6.29 Å². The van der Waals surface area contributed by atoms with Gasteiger partial charge in [-0.2, -0.15) is 0 Å². The Morgan fingerprint density at radius 2 is 1.73 bits per heavy atom. The van der Waals surface area contributed by atoms with Crippen LogP contribution in [-0.2, 0) is 9.47 Å². The van der Waals surface area contributed by atoms with Crippen LogP contribution in [-0.4, -0.2) is 48.4 Å². The van der Waals surface area contributed by atoms with Crippen LogP contribution in [0.25, 0.3) is 11.3 Å². The van der Waals surface area contributed by atoms with E-state index in [2.05, 4.69) is 4.98 Å². The molecular weight excluding hydrogens is 328 g/mol. The lowest BCUT2D eigenvalue weighted by molar-refractivity contribution is -0.0956. The molecule has 0 saturated carbocycles. The van der Waals surface area contributed by atoms with Crippen LogP contribution in [0.15, 0.2) is 42.5 Å². The molecule has 1 amide bonds. The largest absolute Gasteiger partial charge is 0.350 e. The molecule has 3 heterocycles. The lowest BCUT2D eigenvalue weighted by atomic mass is 9.95. The molecule has 26 heavy (non-hydrogen) atoms. The van der Waals surface area contributed by atoms with E-state index in [-0.39, 0.29) is 12.2 Å². The molecule has 0 radical (unpaired) electrons. The van der Waals surface area contributed by atoms with E-state index in [1.54, 1.807) is 0 Å². The molecule has 0 spiro atoms. The van der Waals surface area contributed by atoms with Gasteiger partial charge in [0.2, 0.25) is 0 Å². The van der Waals surface area contributed by atoms with E-state index < -0.39 is 0 Å². The lowest BCUT2D eigenvalue weighted by Gasteiger charge is -2.34. The number of aromatic nitrogens is 1. The fourth-order valence-corrected chi connectivity index (χ4v) is 3.75. The van der Waals surface area contributed by atoms with Gasteiger partial charge in [-0.15, -0.1) is 0 Å². The second-order valence-electron chi connectivity index (χ2n) is 6.94. The standard InChI is InChI=1S/C21H24N2O3/c1-15-18(7-8-19(22-15)16-5-3-2-4-6-16)20(24)23-11-9-17(10-12-23)21-25-13-14-26-21/h2-8,17,21H,9-14H2,1H3. The summed E-state index contributed by atoms with van der Waals surface area (Å²) in [5.74, 6) is 0.461. The van der Waals surface area contributed by atoms with Gasteiger partial charge in [0.25, 0.3) is 5.91 Å². The van der Waals surface area contributed by atoms with E-state index in [4.69, 9.17) is 9.47 Å². The first kappa shape index (κ1) is 17.2. The van der Waals surface area contributed by atoms with E-state index in [0.29, 0.717) is 24.7 Å². The maximum atomic E-state index is 12.9. The zero-order valence-electron chi connectivity index (χ0n) is 15.1. The van der Waals surface area contributed by atoms with Crippen molar-refractivity contribution >= 4 is 5.91 Å². The fraction of sp³-hybridized carbons (Fsp3) is 0.429. The first-order chi connectivity index (χ1) is 12.7. The number of ether oxygens (including phenoxy) is 2. The third-order valence-corrected chi connectivity index (χ3v) is 5.25. The number of aryl methyl sites for hydroxylation is 1. The van der Waals surface area contributed by atoms with Gasteiger partial charge in [-0.3, -0.25) is 9.78 Å². The van der Waals surface area contributed by atoms with Crippen LogP contribution < -0.4 is 0 Å². The molecule has 136 valence electrons. The Balaban J connectivity index is 1.43. The van der Waals surface area contributed by atoms with Crippen molar-refractivity contribution < 1.29 is 14.3 Å². The zero-order valence-corrected chi connectivity index (χ0v) is 15.1. The summed E-state index contributed by atoms with van der Waals surface area (Å²) in [5, 5.41) is 0. The molecule has 2 fully saturated rings. The first-order valence-electron chi connectivity index (χ1n) is 9.28. The third kappa shape index (κ3) is 3.50. The average Bonchev–Trinajstić information content (AvgIpc) is 3.23. The van der Waals surface area contributed by atoms with Crippen LogP contribution in [0.5, 0.6) is 0 Å². The molecule has 1 aromatic heterocycles. The second-order valence-corrected chi connectivity index (χ2v) is 6.94. The van der Waals surface area contributed by atoms with Crippen molar-refractivity contribution in [3.63, 3.8) is 0 Å². The SMILES string of the molecule is Cc1nc(-c2ccccc2)ccc1C(=O)N1CCC(C2OCCO2)CC1. The molecule has 2 aliphatic heterocycles. The zero-order chi connectivity index (χ0) is 17.9. The van der Waals surface area contributed by atoms with Crippen molar-refractivity contribution in [1.29, 1.82) is 0 Å². The van der Waals surface area contributed by atoms with Crippen LogP contribution in [0.2, 0.25) is 0 Å². The quantitative estimate of drug-likeness (QED) is 0.851. The highest BCUT2D eigenvalue weighted by molar-refractivity contribution is 5.95. The number of piperidine rings is 1. The van der Waals surface area contributed by atoms with Crippen molar-refractivity contribution in [1.82, 2.24) is 9.88 Å². The second kappa shape index (κ2) is 7.56. The summed E-state index contributed by atoms with van der Waals surface area (Å²) in [6.45, 7) is 4.76. The third-order valence-electron chi connectivity index (χ3n) is 5.25. The minimum atomic E-state index is -0.0826. The van der Waals surface area contributed by atoms with Crippen LogP contribution >= 0.6 is 0 Å². The van der Waals surface area contributed by atoms with Gasteiger partial charge in [-0.05, 0) is 31.9 Å². The van der Waals surface area contributed by atoms with Crippen LogP contribution in [0.4, 0.5) is 0 Å². The Kier molecular flexibility index (Phi) is 5.00. The van der Waals surface area contributed by atoms with E-state index in [0.717, 1.165) is 42.9 Å². The number of carbonyl (C=O) groups is 1. The van der Waals surface area contributed by atoms with E-state index in [1.165, 1.54) is 0 Å². The van der Waals surface area contributed by atoms with Gasteiger partial charge in [0, 0.05) is 24.6 Å². The van der Waals surface area contributed by atoms with E-state index in [1.807, 2.05) is 54.3 Å². The first-order valence-corrected chi connectivity index (χ1v) is 9.28. The number of hydrogen-bond acceptors (Lipinski definition) is 4. The Bertz CT molecular complexity index is 764. The van der Waals surface area contributed by atoms with Crippen LogP contribution in [0.3, 0.4) is 0 Å². The van der Waals surface area contributed by atoms with Crippen molar-refractivity contribution in [3.05, 3.63) is 53.7 Å². The number of pyridine rings is 1. The van der Waals surface area contributed by atoms with Gasteiger partial charge < -0.3 is 14.4 Å². The molecule has 4 rings (SSSR count). The predicted octanol–water partition coefficient (Wildman–Crippen LogP) is 3.28. The topological polar surface area (TPSA) is 51.7 Å². The fourth-order valence-electron chi connectivity index (χ4n) is 3.75. The Morgan fingerprint density at radius 3 is 2.38 bits per heavy atom. The summed E-state index contributed by atoms with van der Waals surface area (Å²) in [5.41, 5.74) is 3.43. The summed E-state index contributed by atoms with van der Waals surface area (Å²) >= 11 is 0. The highest BCUT2D eigenvalue weighted by Crippen LogP contribution is 2.27. The average molecular weight is 352 g/mol. The van der Waals surface area contributed by atoms with Gasteiger partial charge in [0.1, 0.15) is 0 Å². The van der Waals surface area contributed by atoms with Crippen molar-refractivity contribution in [2.75, 3.05) is 26.3 Å². The summed E-state index contributed by atoms with van der Waals surface area (Å²) < 4.78 is 11.2. The molecular formula is C21H24N2O3. The molecule has 0 bridgehead atoms. The molecule has 5 heteroatoms. The smallest absolute Gasteiger partial charge is 0.255 e. The van der Waals surface area contributed by atoms with Crippen molar-refractivity contribution in [2.45, 2.75) is 26.1 Å². The molecule has 1 aromatic carbocycles. The molecule has 2 aliphatic rings. The molecule has 2 aromatic rings. The number of rotatable bonds is 3. The summed E-state index contributed by atoms with van der Waals surface area (Å²) in [4.78, 5) is 19.5.